The van der Waals surface area contributed by atoms with E-state index in [0.717, 1.165) is 37.4 Å². The standard InChI is InChI=1S/C16H21N3.2ClH/c1-12-9-14(11-19-8-7-17-13(2)10-19)15-5-3-4-6-16(15)18-12;;/h3-6,9,13,17H,7-8,10-11H2,1-2H3;2*1H. The molecule has 1 aromatic carbocycles. The summed E-state index contributed by atoms with van der Waals surface area (Å²) in [7, 11) is 0. The third-order valence-corrected chi connectivity index (χ3v) is 3.78. The molecule has 1 aliphatic heterocycles. The maximum atomic E-state index is 4.61. The zero-order valence-electron chi connectivity index (χ0n) is 12.5. The van der Waals surface area contributed by atoms with E-state index in [9.17, 15) is 0 Å². The molecule has 1 fully saturated rings. The van der Waals surface area contributed by atoms with E-state index < -0.39 is 0 Å². The number of benzene rings is 1. The summed E-state index contributed by atoms with van der Waals surface area (Å²) >= 11 is 0. The van der Waals surface area contributed by atoms with Crippen molar-refractivity contribution >= 4 is 35.7 Å². The van der Waals surface area contributed by atoms with Gasteiger partial charge in [0.25, 0.3) is 0 Å². The molecule has 0 bridgehead atoms. The van der Waals surface area contributed by atoms with Crippen LogP contribution in [0.2, 0.25) is 0 Å². The molecule has 0 spiro atoms. The van der Waals surface area contributed by atoms with Crippen molar-refractivity contribution in [3.05, 3.63) is 41.6 Å². The predicted octanol–water partition coefficient (Wildman–Crippen LogP) is 3.18. The van der Waals surface area contributed by atoms with Gasteiger partial charge in [0.2, 0.25) is 0 Å². The van der Waals surface area contributed by atoms with Crippen LogP contribution in [-0.4, -0.2) is 35.6 Å². The number of piperazine rings is 1. The molecule has 0 amide bonds. The van der Waals surface area contributed by atoms with Gasteiger partial charge in [-0.05, 0) is 31.5 Å². The minimum Gasteiger partial charge on any atom is -0.312 e. The average Bonchev–Trinajstić information content (AvgIpc) is 2.38. The molecule has 2 heterocycles. The van der Waals surface area contributed by atoms with Crippen LogP contribution in [-0.2, 0) is 6.54 Å². The SMILES string of the molecule is Cc1cc(CN2CCNC(C)C2)c2ccccc2n1.Cl.Cl. The molecule has 0 aliphatic carbocycles. The highest BCUT2D eigenvalue weighted by molar-refractivity contribution is 5.85. The van der Waals surface area contributed by atoms with Gasteiger partial charge in [-0.2, -0.15) is 0 Å². The van der Waals surface area contributed by atoms with E-state index in [1.807, 2.05) is 0 Å². The molecule has 1 unspecified atom stereocenters. The largest absolute Gasteiger partial charge is 0.312 e. The number of hydrogen-bond acceptors (Lipinski definition) is 3. The first kappa shape index (κ1) is 18.2. The summed E-state index contributed by atoms with van der Waals surface area (Å²) in [5.41, 5.74) is 3.62. The number of fused-ring (bicyclic) bond motifs is 1. The Balaban J connectivity index is 0.00000110. The van der Waals surface area contributed by atoms with E-state index in [4.69, 9.17) is 0 Å². The van der Waals surface area contributed by atoms with E-state index in [1.54, 1.807) is 0 Å². The Bertz CT molecular complexity index is 589. The quantitative estimate of drug-likeness (QED) is 0.918. The summed E-state index contributed by atoms with van der Waals surface area (Å²) in [6.07, 6.45) is 0. The number of aromatic nitrogens is 1. The zero-order chi connectivity index (χ0) is 13.2. The fourth-order valence-corrected chi connectivity index (χ4v) is 2.92. The van der Waals surface area contributed by atoms with Crippen molar-refractivity contribution in [2.24, 2.45) is 0 Å². The summed E-state index contributed by atoms with van der Waals surface area (Å²) in [6.45, 7) is 8.69. The van der Waals surface area contributed by atoms with Gasteiger partial charge in [0.1, 0.15) is 0 Å². The number of nitrogens with zero attached hydrogens (tertiary/aromatic N) is 2. The number of aryl methyl sites for hydroxylation is 1. The first-order chi connectivity index (χ1) is 9.22. The maximum Gasteiger partial charge on any atom is 0.0708 e. The molecule has 1 saturated heterocycles. The summed E-state index contributed by atoms with van der Waals surface area (Å²) in [6, 6.07) is 11.3. The lowest BCUT2D eigenvalue weighted by Gasteiger charge is -2.32. The van der Waals surface area contributed by atoms with Gasteiger partial charge in [0.05, 0.1) is 5.52 Å². The molecule has 1 aliphatic rings. The molecule has 3 nitrogen and oxygen atoms in total. The second-order valence-corrected chi connectivity index (χ2v) is 5.53. The number of rotatable bonds is 2. The lowest BCUT2D eigenvalue weighted by Crippen LogP contribution is -2.48. The minimum atomic E-state index is 0. The van der Waals surface area contributed by atoms with Gasteiger partial charge in [0.15, 0.2) is 0 Å². The topological polar surface area (TPSA) is 28.2 Å². The molecular weight excluding hydrogens is 305 g/mol. The Morgan fingerprint density at radius 1 is 1.29 bits per heavy atom. The Kier molecular flexibility index (Phi) is 6.88. The van der Waals surface area contributed by atoms with Crippen molar-refractivity contribution in [3.63, 3.8) is 0 Å². The lowest BCUT2D eigenvalue weighted by molar-refractivity contribution is 0.200. The number of halogens is 2. The first-order valence-electron chi connectivity index (χ1n) is 7.03. The van der Waals surface area contributed by atoms with Gasteiger partial charge >= 0.3 is 0 Å². The maximum absolute atomic E-state index is 4.61. The van der Waals surface area contributed by atoms with Crippen molar-refractivity contribution in [1.82, 2.24) is 15.2 Å². The van der Waals surface area contributed by atoms with Crippen LogP contribution in [0.25, 0.3) is 10.9 Å². The van der Waals surface area contributed by atoms with Crippen LogP contribution >= 0.6 is 24.8 Å². The minimum absolute atomic E-state index is 0. The van der Waals surface area contributed by atoms with Gasteiger partial charge in [-0.1, -0.05) is 18.2 Å². The van der Waals surface area contributed by atoms with Crippen LogP contribution in [0.4, 0.5) is 0 Å². The molecule has 5 heteroatoms. The van der Waals surface area contributed by atoms with Crippen molar-refractivity contribution in [2.75, 3.05) is 19.6 Å². The highest BCUT2D eigenvalue weighted by atomic mass is 35.5. The molecule has 0 saturated carbocycles. The number of para-hydroxylation sites is 1. The van der Waals surface area contributed by atoms with Crippen LogP contribution in [0.3, 0.4) is 0 Å². The molecule has 3 rings (SSSR count). The van der Waals surface area contributed by atoms with Crippen molar-refractivity contribution < 1.29 is 0 Å². The van der Waals surface area contributed by atoms with Gasteiger partial charge in [-0.15, -0.1) is 24.8 Å². The van der Waals surface area contributed by atoms with Crippen molar-refractivity contribution in [1.29, 1.82) is 0 Å². The average molecular weight is 328 g/mol. The Morgan fingerprint density at radius 3 is 2.81 bits per heavy atom. The molecule has 1 atom stereocenters. The van der Waals surface area contributed by atoms with E-state index in [0.29, 0.717) is 6.04 Å². The Hall–Kier alpha value is -0.870. The first-order valence-corrected chi connectivity index (χ1v) is 7.03. The molecule has 1 aromatic heterocycles. The van der Waals surface area contributed by atoms with E-state index >= 15 is 0 Å². The van der Waals surface area contributed by atoms with Crippen LogP contribution in [0, 0.1) is 6.92 Å². The van der Waals surface area contributed by atoms with E-state index in [2.05, 4.69) is 59.4 Å². The summed E-state index contributed by atoms with van der Waals surface area (Å²) < 4.78 is 0. The summed E-state index contributed by atoms with van der Waals surface area (Å²) in [5.74, 6) is 0. The second kappa shape index (κ2) is 7.95. The van der Waals surface area contributed by atoms with Gasteiger partial charge in [-0.3, -0.25) is 9.88 Å². The molecule has 116 valence electrons. The Labute approximate surface area is 138 Å². The van der Waals surface area contributed by atoms with E-state index in [1.165, 1.54) is 10.9 Å². The second-order valence-electron chi connectivity index (χ2n) is 5.53. The van der Waals surface area contributed by atoms with Gasteiger partial charge < -0.3 is 5.32 Å². The Morgan fingerprint density at radius 2 is 2.05 bits per heavy atom. The zero-order valence-corrected chi connectivity index (χ0v) is 14.1. The predicted molar refractivity (Wildman–Crippen MR) is 93.7 cm³/mol. The van der Waals surface area contributed by atoms with Crippen LogP contribution in [0.15, 0.2) is 30.3 Å². The lowest BCUT2D eigenvalue weighted by atomic mass is 10.1. The van der Waals surface area contributed by atoms with Crippen LogP contribution in [0.5, 0.6) is 0 Å². The smallest absolute Gasteiger partial charge is 0.0708 e. The van der Waals surface area contributed by atoms with E-state index in [-0.39, 0.29) is 24.8 Å². The molecule has 0 radical (unpaired) electrons. The monoisotopic (exact) mass is 327 g/mol. The van der Waals surface area contributed by atoms with Gasteiger partial charge in [0, 0.05) is 43.3 Å². The highest BCUT2D eigenvalue weighted by Gasteiger charge is 2.16. The molecule has 21 heavy (non-hydrogen) atoms. The number of hydrogen-bond donors (Lipinski definition) is 1. The molecule has 2 aromatic rings. The molecule has 1 N–H and O–H groups in total. The van der Waals surface area contributed by atoms with Gasteiger partial charge in [-0.25, -0.2) is 0 Å². The highest BCUT2D eigenvalue weighted by Crippen LogP contribution is 2.20. The van der Waals surface area contributed by atoms with Crippen molar-refractivity contribution in [3.8, 4) is 0 Å². The summed E-state index contributed by atoms with van der Waals surface area (Å²) in [5, 5.41) is 4.78. The summed E-state index contributed by atoms with van der Waals surface area (Å²) in [4.78, 5) is 7.14. The fraction of sp³-hybridized carbons (Fsp3) is 0.438. The number of nitrogens with one attached hydrogen (secondary N) is 1. The van der Waals surface area contributed by atoms with Crippen LogP contribution in [0.1, 0.15) is 18.2 Å². The number of pyridine rings is 1. The molecular formula is C16H23Cl2N3. The van der Waals surface area contributed by atoms with Crippen molar-refractivity contribution in [2.45, 2.75) is 26.4 Å². The third-order valence-electron chi connectivity index (χ3n) is 3.78. The van der Waals surface area contributed by atoms with Crippen LogP contribution < -0.4 is 5.32 Å². The third kappa shape index (κ3) is 4.30. The normalized spacial score (nSPS) is 18.9. The fourth-order valence-electron chi connectivity index (χ4n) is 2.92.